The zero-order valence-electron chi connectivity index (χ0n) is 20.8. The maximum Gasteiger partial charge on any atom is 0.423 e. The molecule has 3 aromatic heterocycles. The number of aromatic amines is 1. The van der Waals surface area contributed by atoms with E-state index in [-0.39, 0.29) is 27.9 Å². The highest BCUT2D eigenvalue weighted by Gasteiger charge is 2.36. The van der Waals surface area contributed by atoms with Crippen molar-refractivity contribution in [3.8, 4) is 11.4 Å². The summed E-state index contributed by atoms with van der Waals surface area (Å²) >= 11 is 0. The number of nitrogen functional groups attached to an aromatic ring is 1. The molecular formula is C25H23F6N7O2. The predicted octanol–water partition coefficient (Wildman–Crippen LogP) is 4.88. The summed E-state index contributed by atoms with van der Waals surface area (Å²) in [5.74, 6) is 0.133. The fraction of sp³-hybridized carbons (Fsp3) is 0.360. The number of benzene rings is 1. The smallest absolute Gasteiger partial charge is 0.397 e. The van der Waals surface area contributed by atoms with Crippen LogP contribution in [0.1, 0.15) is 49.7 Å². The van der Waals surface area contributed by atoms with Gasteiger partial charge in [0.15, 0.2) is 5.82 Å². The summed E-state index contributed by atoms with van der Waals surface area (Å²) in [6.45, 7) is 0.552. The molecule has 1 fully saturated rings. The van der Waals surface area contributed by atoms with Crippen LogP contribution in [0.3, 0.4) is 0 Å². The van der Waals surface area contributed by atoms with Gasteiger partial charge in [-0.05, 0) is 24.5 Å². The Hall–Kier alpha value is -4.30. The van der Waals surface area contributed by atoms with Gasteiger partial charge >= 0.3 is 6.18 Å². The van der Waals surface area contributed by atoms with Crippen molar-refractivity contribution in [3.05, 3.63) is 74.7 Å². The minimum Gasteiger partial charge on any atom is -0.397 e. The van der Waals surface area contributed by atoms with Crippen LogP contribution in [0.25, 0.3) is 22.3 Å². The molecule has 1 aliphatic carbocycles. The molecule has 212 valence electrons. The van der Waals surface area contributed by atoms with E-state index in [9.17, 15) is 35.9 Å². The number of nitrogens with two attached hydrogens (primary N) is 1. The van der Waals surface area contributed by atoms with Crippen LogP contribution >= 0.6 is 0 Å². The monoisotopic (exact) mass is 567 g/mol. The number of hydrogen-bond acceptors (Lipinski definition) is 7. The molecule has 1 aromatic carbocycles. The van der Waals surface area contributed by atoms with E-state index >= 15 is 0 Å². The minimum absolute atomic E-state index is 0.0161. The van der Waals surface area contributed by atoms with Crippen LogP contribution in [0, 0.1) is 11.7 Å². The summed E-state index contributed by atoms with van der Waals surface area (Å²) in [5.41, 5.74) is 1.19. The highest BCUT2D eigenvalue weighted by Crippen LogP contribution is 2.34. The van der Waals surface area contributed by atoms with Crippen LogP contribution in [-0.2, 0) is 12.7 Å². The summed E-state index contributed by atoms with van der Waals surface area (Å²) in [7, 11) is 0. The standard InChI is InChI=1S/C20H19F3N4O.C5H4F3N3O/c21-16-7-15-17(8-14(16)19-24-9-13(10-25-19)18(22)23)26-11-27(20(15)28)6-2-1-3-12-4-5-12;6-5(7,8)3-2(9)1-10-11-4(3)12/h7-12,18H,1-6H2;1H,(H3,9,11,12). The third-order valence-corrected chi connectivity index (χ3v) is 6.20. The van der Waals surface area contributed by atoms with Gasteiger partial charge in [0.05, 0.1) is 40.2 Å². The van der Waals surface area contributed by atoms with Crippen molar-refractivity contribution < 1.29 is 26.3 Å². The van der Waals surface area contributed by atoms with Gasteiger partial charge < -0.3 is 5.73 Å². The number of unbranched alkanes of at least 4 members (excludes halogenated alkanes) is 1. The number of nitrogens with one attached hydrogen (secondary N) is 1. The van der Waals surface area contributed by atoms with E-state index < -0.39 is 35.2 Å². The maximum absolute atomic E-state index is 14.6. The van der Waals surface area contributed by atoms with Crippen LogP contribution in [0.5, 0.6) is 0 Å². The topological polar surface area (TPSA) is 132 Å². The first kappa shape index (κ1) is 28.7. The summed E-state index contributed by atoms with van der Waals surface area (Å²) in [6.07, 6.45) is 2.46. The summed E-state index contributed by atoms with van der Waals surface area (Å²) in [6, 6.07) is 2.49. The molecule has 0 spiro atoms. The molecule has 1 aliphatic rings. The van der Waals surface area contributed by atoms with Crippen LogP contribution in [0.4, 0.5) is 32.0 Å². The van der Waals surface area contributed by atoms with Crippen molar-refractivity contribution in [3.63, 3.8) is 0 Å². The third-order valence-electron chi connectivity index (χ3n) is 6.20. The second-order valence-corrected chi connectivity index (χ2v) is 9.20. The van der Waals surface area contributed by atoms with Crippen molar-refractivity contribution in [2.75, 3.05) is 5.73 Å². The zero-order valence-corrected chi connectivity index (χ0v) is 20.8. The number of alkyl halides is 5. The zero-order chi connectivity index (χ0) is 29.0. The highest BCUT2D eigenvalue weighted by atomic mass is 19.4. The Morgan fingerprint density at radius 3 is 2.33 bits per heavy atom. The number of halogens is 6. The Labute approximate surface area is 222 Å². The first-order chi connectivity index (χ1) is 19.0. The molecule has 40 heavy (non-hydrogen) atoms. The number of aromatic nitrogens is 6. The van der Waals surface area contributed by atoms with E-state index in [1.54, 1.807) is 5.10 Å². The normalized spacial score (nSPS) is 13.4. The van der Waals surface area contributed by atoms with E-state index in [1.807, 2.05) is 0 Å². The van der Waals surface area contributed by atoms with Crippen molar-refractivity contribution in [2.24, 2.45) is 5.92 Å². The Kier molecular flexibility index (Phi) is 8.49. The largest absolute Gasteiger partial charge is 0.423 e. The van der Waals surface area contributed by atoms with Gasteiger partial charge in [0.25, 0.3) is 17.5 Å². The molecule has 3 N–H and O–H groups in total. The molecule has 0 atom stereocenters. The van der Waals surface area contributed by atoms with Crippen molar-refractivity contribution in [1.82, 2.24) is 29.7 Å². The van der Waals surface area contributed by atoms with E-state index in [4.69, 9.17) is 5.73 Å². The molecule has 0 saturated heterocycles. The van der Waals surface area contributed by atoms with Crippen molar-refractivity contribution >= 4 is 16.6 Å². The van der Waals surface area contributed by atoms with Crippen LogP contribution in [0.15, 0.2) is 46.6 Å². The number of fused-ring (bicyclic) bond motifs is 1. The lowest BCUT2D eigenvalue weighted by Gasteiger charge is -2.08. The lowest BCUT2D eigenvalue weighted by atomic mass is 10.1. The molecule has 0 unspecified atom stereocenters. The fourth-order valence-corrected chi connectivity index (χ4v) is 3.93. The van der Waals surface area contributed by atoms with Crippen LogP contribution < -0.4 is 16.9 Å². The van der Waals surface area contributed by atoms with E-state index in [0.717, 1.165) is 43.4 Å². The van der Waals surface area contributed by atoms with Gasteiger partial charge in [-0.3, -0.25) is 14.2 Å². The lowest BCUT2D eigenvalue weighted by molar-refractivity contribution is -0.138. The lowest BCUT2D eigenvalue weighted by Crippen LogP contribution is -2.24. The van der Waals surface area contributed by atoms with E-state index in [1.165, 1.54) is 36.2 Å². The first-order valence-electron chi connectivity index (χ1n) is 12.1. The molecule has 0 amide bonds. The summed E-state index contributed by atoms with van der Waals surface area (Å²) < 4.78 is 77.3. The molecule has 4 aromatic rings. The Morgan fingerprint density at radius 1 is 1.05 bits per heavy atom. The number of nitrogens with zero attached hydrogens (tertiary/aromatic N) is 5. The van der Waals surface area contributed by atoms with Gasteiger partial charge in [0.1, 0.15) is 11.4 Å². The molecule has 0 bridgehead atoms. The SMILES string of the molecule is Nc1cn[nH]c(=O)c1C(F)(F)F.O=c1c2cc(F)c(-c3ncc(C(F)F)cn3)cc2ncn1CCCCC1CC1. The molecular weight excluding hydrogens is 544 g/mol. The molecule has 1 saturated carbocycles. The molecule has 3 heterocycles. The Bertz CT molecular complexity index is 1600. The third kappa shape index (κ3) is 6.82. The average molecular weight is 567 g/mol. The number of anilines is 1. The highest BCUT2D eigenvalue weighted by molar-refractivity contribution is 5.82. The second kappa shape index (κ2) is 11.8. The second-order valence-electron chi connectivity index (χ2n) is 9.20. The fourth-order valence-electron chi connectivity index (χ4n) is 3.93. The quantitative estimate of drug-likeness (QED) is 0.240. The maximum atomic E-state index is 14.6. The predicted molar refractivity (Wildman–Crippen MR) is 133 cm³/mol. The van der Waals surface area contributed by atoms with Gasteiger partial charge in [-0.15, -0.1) is 0 Å². The van der Waals surface area contributed by atoms with Crippen LogP contribution in [-0.4, -0.2) is 29.7 Å². The Balaban J connectivity index is 0.000000259. The number of hydrogen-bond donors (Lipinski definition) is 2. The summed E-state index contributed by atoms with van der Waals surface area (Å²) in [5, 5.41) is 4.91. The van der Waals surface area contributed by atoms with Gasteiger partial charge in [0.2, 0.25) is 0 Å². The molecule has 0 radical (unpaired) electrons. The van der Waals surface area contributed by atoms with E-state index in [0.29, 0.717) is 12.1 Å². The molecule has 5 rings (SSSR count). The number of aryl methyl sites for hydroxylation is 1. The molecule has 0 aliphatic heterocycles. The van der Waals surface area contributed by atoms with Gasteiger partial charge in [-0.2, -0.15) is 18.3 Å². The average Bonchev–Trinajstić information content (AvgIpc) is 3.72. The summed E-state index contributed by atoms with van der Waals surface area (Å²) in [4.78, 5) is 35.1. The number of rotatable bonds is 7. The minimum atomic E-state index is -4.74. The molecule has 9 nitrogen and oxygen atoms in total. The number of H-pyrrole nitrogens is 1. The first-order valence-corrected chi connectivity index (χ1v) is 12.1. The van der Waals surface area contributed by atoms with Gasteiger partial charge in [-0.1, -0.05) is 25.7 Å². The Morgan fingerprint density at radius 2 is 1.75 bits per heavy atom. The van der Waals surface area contributed by atoms with Gasteiger partial charge in [0, 0.05) is 18.9 Å². The van der Waals surface area contributed by atoms with Crippen LogP contribution in [0.2, 0.25) is 0 Å². The van der Waals surface area contributed by atoms with Gasteiger partial charge in [-0.25, -0.2) is 33.2 Å². The van der Waals surface area contributed by atoms with Crippen molar-refractivity contribution in [1.29, 1.82) is 0 Å². The van der Waals surface area contributed by atoms with Crippen molar-refractivity contribution in [2.45, 2.75) is 51.3 Å². The van der Waals surface area contributed by atoms with E-state index in [2.05, 4.69) is 20.1 Å². The molecule has 15 heteroatoms.